The van der Waals surface area contributed by atoms with Crippen LogP contribution in [0, 0.1) is 0 Å². The van der Waals surface area contributed by atoms with Crippen molar-refractivity contribution in [2.45, 2.75) is 13.3 Å². The summed E-state index contributed by atoms with van der Waals surface area (Å²) in [6, 6.07) is 1.53. The lowest BCUT2D eigenvalue weighted by Crippen LogP contribution is -2.37. The second kappa shape index (κ2) is 6.47. The Kier molecular flexibility index (Phi) is 4.93. The van der Waals surface area contributed by atoms with E-state index in [1.165, 1.54) is 17.2 Å². The fraction of sp³-hybridized carbons (Fsp3) is 0.364. The van der Waals surface area contributed by atoms with Crippen molar-refractivity contribution >= 4 is 17.6 Å². The van der Waals surface area contributed by atoms with Crippen LogP contribution in [0.5, 0.6) is 0 Å². The summed E-state index contributed by atoms with van der Waals surface area (Å²) in [7, 11) is 0. The van der Waals surface area contributed by atoms with E-state index in [1.807, 2.05) is 0 Å². The number of aromatic nitrogens is 1. The maximum atomic E-state index is 11.6. The summed E-state index contributed by atoms with van der Waals surface area (Å²) in [4.78, 5) is 24.5. The molecule has 0 aliphatic carbocycles. The quantitative estimate of drug-likeness (QED) is 0.750. The van der Waals surface area contributed by atoms with Crippen LogP contribution in [0.1, 0.15) is 13.3 Å². The predicted octanol–water partition coefficient (Wildman–Crippen LogP) is 1.04. The van der Waals surface area contributed by atoms with Gasteiger partial charge in [-0.1, -0.05) is 18.2 Å². The van der Waals surface area contributed by atoms with Gasteiger partial charge in [0.15, 0.2) is 5.82 Å². The first-order valence-corrected chi connectivity index (χ1v) is 5.26. The molecule has 6 nitrogen and oxygen atoms in total. The molecule has 0 unspecified atom stereocenters. The summed E-state index contributed by atoms with van der Waals surface area (Å²) in [6.07, 6.45) is 3.29. The highest BCUT2D eigenvalue weighted by molar-refractivity contribution is 5.93. The van der Waals surface area contributed by atoms with Gasteiger partial charge in [0.05, 0.1) is 0 Å². The molecule has 92 valence electrons. The third-order valence-electron chi connectivity index (χ3n) is 2.04. The molecule has 0 atom stereocenters. The molecule has 0 aliphatic rings. The average molecular weight is 237 g/mol. The molecule has 0 spiro atoms. The molecule has 0 aromatic carbocycles. The maximum Gasteiger partial charge on any atom is 0.245 e. The molecular formula is C11H15N3O3. The molecule has 0 saturated heterocycles. The van der Waals surface area contributed by atoms with Gasteiger partial charge < -0.3 is 14.7 Å². The lowest BCUT2D eigenvalue weighted by molar-refractivity contribution is -0.133. The molecular weight excluding hydrogens is 222 g/mol. The summed E-state index contributed by atoms with van der Waals surface area (Å²) in [5.74, 6) is -0.0831. The number of anilines is 1. The summed E-state index contributed by atoms with van der Waals surface area (Å²) in [6.45, 7) is 5.62. The number of carbonyl (C=O) groups is 2. The van der Waals surface area contributed by atoms with E-state index >= 15 is 0 Å². The van der Waals surface area contributed by atoms with Crippen LogP contribution >= 0.6 is 0 Å². The molecule has 1 heterocycles. The number of hydrogen-bond acceptors (Lipinski definition) is 4. The summed E-state index contributed by atoms with van der Waals surface area (Å²) in [5, 5.41) is 6.06. The van der Waals surface area contributed by atoms with Crippen LogP contribution in [0.15, 0.2) is 29.5 Å². The van der Waals surface area contributed by atoms with Gasteiger partial charge in [0, 0.05) is 19.0 Å². The smallest absolute Gasteiger partial charge is 0.245 e. The molecule has 0 fully saturated rings. The topological polar surface area (TPSA) is 75.4 Å². The van der Waals surface area contributed by atoms with E-state index in [-0.39, 0.29) is 18.4 Å². The number of carbonyl (C=O) groups excluding carboxylic acids is 2. The fourth-order valence-electron chi connectivity index (χ4n) is 1.27. The number of rotatable bonds is 6. The van der Waals surface area contributed by atoms with E-state index in [4.69, 9.17) is 0 Å². The SMILES string of the molecule is C=CCN(CC(=O)Nc1ccon1)C(=O)CC. The lowest BCUT2D eigenvalue weighted by atomic mass is 10.3. The normalized spacial score (nSPS) is 9.71. The monoisotopic (exact) mass is 237 g/mol. The minimum atomic E-state index is -0.317. The van der Waals surface area contributed by atoms with Gasteiger partial charge in [-0.2, -0.15) is 0 Å². The molecule has 0 saturated carbocycles. The van der Waals surface area contributed by atoms with Gasteiger partial charge in [-0.3, -0.25) is 9.59 Å². The summed E-state index contributed by atoms with van der Waals surface area (Å²) >= 11 is 0. The lowest BCUT2D eigenvalue weighted by Gasteiger charge is -2.19. The van der Waals surface area contributed by atoms with Crippen LogP contribution in [0.3, 0.4) is 0 Å². The molecule has 1 aromatic rings. The van der Waals surface area contributed by atoms with Crippen molar-refractivity contribution in [3.05, 3.63) is 25.0 Å². The first kappa shape index (κ1) is 13.0. The number of hydrogen-bond donors (Lipinski definition) is 1. The Morgan fingerprint density at radius 2 is 2.41 bits per heavy atom. The largest absolute Gasteiger partial charge is 0.363 e. The molecule has 0 bridgehead atoms. The van der Waals surface area contributed by atoms with Crippen molar-refractivity contribution < 1.29 is 14.1 Å². The highest BCUT2D eigenvalue weighted by Crippen LogP contribution is 2.02. The van der Waals surface area contributed by atoms with E-state index in [9.17, 15) is 9.59 Å². The average Bonchev–Trinajstić information content (AvgIpc) is 2.80. The highest BCUT2D eigenvalue weighted by atomic mass is 16.5. The van der Waals surface area contributed by atoms with Crippen molar-refractivity contribution in [1.82, 2.24) is 10.1 Å². The van der Waals surface area contributed by atoms with E-state index in [0.29, 0.717) is 18.8 Å². The molecule has 2 amide bonds. The minimum Gasteiger partial charge on any atom is -0.363 e. The third kappa shape index (κ3) is 4.10. The van der Waals surface area contributed by atoms with E-state index in [2.05, 4.69) is 21.6 Å². The van der Waals surface area contributed by atoms with Gasteiger partial charge in [0.2, 0.25) is 11.8 Å². The van der Waals surface area contributed by atoms with E-state index in [1.54, 1.807) is 13.0 Å². The van der Waals surface area contributed by atoms with Crippen molar-refractivity contribution in [2.75, 3.05) is 18.4 Å². The van der Waals surface area contributed by atoms with Gasteiger partial charge in [-0.15, -0.1) is 6.58 Å². The molecule has 1 rings (SSSR count). The zero-order valence-corrected chi connectivity index (χ0v) is 9.68. The predicted molar refractivity (Wildman–Crippen MR) is 62.2 cm³/mol. The standard InChI is InChI=1S/C11H15N3O3/c1-3-6-14(11(16)4-2)8-10(15)12-9-5-7-17-13-9/h3,5,7H,1,4,6,8H2,2H3,(H,12,13,15). The van der Waals surface area contributed by atoms with E-state index in [0.717, 1.165) is 0 Å². The van der Waals surface area contributed by atoms with Crippen molar-refractivity contribution in [3.8, 4) is 0 Å². The Morgan fingerprint density at radius 1 is 1.65 bits per heavy atom. The Bertz CT molecular complexity index is 387. The van der Waals surface area contributed by atoms with Gasteiger partial charge in [0.25, 0.3) is 0 Å². The van der Waals surface area contributed by atoms with Crippen LogP contribution in [0.25, 0.3) is 0 Å². The van der Waals surface area contributed by atoms with Crippen molar-refractivity contribution in [1.29, 1.82) is 0 Å². The number of amides is 2. The van der Waals surface area contributed by atoms with Gasteiger partial charge in [-0.25, -0.2) is 0 Å². The fourth-order valence-corrected chi connectivity index (χ4v) is 1.27. The molecule has 6 heteroatoms. The van der Waals surface area contributed by atoms with Crippen LogP contribution in [0.2, 0.25) is 0 Å². The number of nitrogens with one attached hydrogen (secondary N) is 1. The number of nitrogens with zero attached hydrogens (tertiary/aromatic N) is 2. The zero-order valence-electron chi connectivity index (χ0n) is 9.68. The molecule has 0 radical (unpaired) electrons. The molecule has 17 heavy (non-hydrogen) atoms. The van der Waals surface area contributed by atoms with Crippen LogP contribution in [0.4, 0.5) is 5.82 Å². The molecule has 0 aliphatic heterocycles. The Labute approximate surface area is 99.3 Å². The first-order chi connectivity index (χ1) is 8.17. The Hall–Kier alpha value is -2.11. The van der Waals surface area contributed by atoms with Crippen LogP contribution in [-0.2, 0) is 9.59 Å². The minimum absolute atomic E-state index is 0.0223. The molecule has 1 N–H and O–H groups in total. The van der Waals surface area contributed by atoms with Crippen molar-refractivity contribution in [2.24, 2.45) is 0 Å². The van der Waals surface area contributed by atoms with E-state index < -0.39 is 0 Å². The van der Waals surface area contributed by atoms with Gasteiger partial charge in [0.1, 0.15) is 12.8 Å². The van der Waals surface area contributed by atoms with Crippen LogP contribution in [-0.4, -0.2) is 35.0 Å². The first-order valence-electron chi connectivity index (χ1n) is 5.26. The second-order valence-electron chi connectivity index (χ2n) is 3.35. The van der Waals surface area contributed by atoms with Crippen molar-refractivity contribution in [3.63, 3.8) is 0 Å². The Balaban J connectivity index is 2.51. The Morgan fingerprint density at radius 3 is 2.94 bits per heavy atom. The second-order valence-corrected chi connectivity index (χ2v) is 3.35. The maximum absolute atomic E-state index is 11.6. The highest BCUT2D eigenvalue weighted by Gasteiger charge is 2.14. The summed E-state index contributed by atoms with van der Waals surface area (Å²) in [5.41, 5.74) is 0. The third-order valence-corrected chi connectivity index (χ3v) is 2.04. The zero-order chi connectivity index (χ0) is 12.7. The van der Waals surface area contributed by atoms with Crippen LogP contribution < -0.4 is 5.32 Å². The molecule has 1 aromatic heterocycles. The van der Waals surface area contributed by atoms with Gasteiger partial charge in [-0.05, 0) is 0 Å². The van der Waals surface area contributed by atoms with Gasteiger partial charge >= 0.3 is 0 Å². The summed E-state index contributed by atoms with van der Waals surface area (Å²) < 4.78 is 4.58.